The Morgan fingerprint density at radius 3 is 2.60 bits per heavy atom. The Hall–Kier alpha value is -2.16. The predicted molar refractivity (Wildman–Crippen MR) is 80.9 cm³/mol. The molecule has 3 atom stereocenters. The van der Waals surface area contributed by atoms with E-state index in [0.717, 1.165) is 25.9 Å². The van der Waals surface area contributed by atoms with E-state index in [2.05, 4.69) is 11.9 Å². The molecule has 0 aliphatic carbocycles. The lowest BCUT2D eigenvalue weighted by Gasteiger charge is -2.33. The second kappa shape index (κ2) is 7.81. The van der Waals surface area contributed by atoms with Gasteiger partial charge < -0.3 is 14.7 Å². The first kappa shape index (κ1) is 19.2. The number of carboxylic acids is 1. The number of halogens is 3. The lowest BCUT2D eigenvalue weighted by Crippen LogP contribution is -2.44. The van der Waals surface area contributed by atoms with E-state index in [-0.39, 0.29) is 5.91 Å². The minimum atomic E-state index is -5.08. The second-order valence-corrected chi connectivity index (χ2v) is 6.04. The Morgan fingerprint density at radius 1 is 1.36 bits per heavy atom. The molecule has 0 bridgehead atoms. The smallest absolute Gasteiger partial charge is 0.475 e. The summed E-state index contributed by atoms with van der Waals surface area (Å²) in [6, 6.07) is 5.46. The van der Waals surface area contributed by atoms with Gasteiger partial charge in [0.05, 0.1) is 12.2 Å². The van der Waals surface area contributed by atoms with E-state index in [1.54, 1.807) is 12.3 Å². The molecule has 2 aliphatic heterocycles. The second-order valence-electron chi connectivity index (χ2n) is 6.04. The zero-order valence-electron chi connectivity index (χ0n) is 13.6. The molecule has 1 N–H and O–H groups in total. The van der Waals surface area contributed by atoms with Gasteiger partial charge in [-0.25, -0.2) is 4.79 Å². The van der Waals surface area contributed by atoms with Crippen molar-refractivity contribution in [3.05, 3.63) is 30.1 Å². The monoisotopic (exact) mass is 360 g/mol. The normalized spacial score (nSPS) is 25.6. The van der Waals surface area contributed by atoms with Gasteiger partial charge in [-0.1, -0.05) is 6.07 Å². The number of pyridine rings is 1. The van der Waals surface area contributed by atoms with E-state index in [0.29, 0.717) is 23.8 Å². The molecule has 1 aromatic heterocycles. The van der Waals surface area contributed by atoms with Crippen LogP contribution < -0.4 is 0 Å². The number of aliphatic carboxylic acids is 1. The fraction of sp³-hybridized carbons (Fsp3) is 0.562. The van der Waals surface area contributed by atoms with Crippen LogP contribution in [0.4, 0.5) is 13.2 Å². The lowest BCUT2D eigenvalue weighted by molar-refractivity contribution is -0.192. The van der Waals surface area contributed by atoms with Crippen molar-refractivity contribution in [2.75, 3.05) is 13.1 Å². The minimum Gasteiger partial charge on any atom is -0.475 e. The van der Waals surface area contributed by atoms with E-state index in [1.165, 1.54) is 0 Å². The van der Waals surface area contributed by atoms with E-state index in [1.807, 2.05) is 17.0 Å². The number of piperidine rings is 1. The first-order valence-electron chi connectivity index (χ1n) is 7.84. The van der Waals surface area contributed by atoms with Crippen molar-refractivity contribution in [3.63, 3.8) is 0 Å². The zero-order valence-corrected chi connectivity index (χ0v) is 13.6. The first-order chi connectivity index (χ1) is 11.7. The van der Waals surface area contributed by atoms with Gasteiger partial charge in [0, 0.05) is 25.2 Å². The van der Waals surface area contributed by atoms with Crippen LogP contribution in [0.25, 0.3) is 0 Å². The largest absolute Gasteiger partial charge is 0.490 e. The van der Waals surface area contributed by atoms with Crippen molar-refractivity contribution in [3.8, 4) is 0 Å². The molecule has 0 spiro atoms. The van der Waals surface area contributed by atoms with Gasteiger partial charge >= 0.3 is 12.1 Å². The minimum absolute atomic E-state index is 0.0496. The Morgan fingerprint density at radius 2 is 2.04 bits per heavy atom. The molecular weight excluding hydrogens is 341 g/mol. The first-order valence-corrected chi connectivity index (χ1v) is 7.84. The number of carbonyl (C=O) groups is 2. The summed E-state index contributed by atoms with van der Waals surface area (Å²) in [5.74, 6) is -2.21. The molecular formula is C16H19F3N2O4. The maximum Gasteiger partial charge on any atom is 0.490 e. The van der Waals surface area contributed by atoms with Crippen molar-refractivity contribution in [2.24, 2.45) is 5.92 Å². The number of ether oxygens (including phenoxy) is 1. The number of likely N-dealkylation sites (tertiary alicyclic amines) is 1. The SMILES string of the molecule is C[C@H]1C[C@H]2CN(C(=O)c3ccccn3)CC[C@H]2O1.O=C(O)C(F)(F)F. The highest BCUT2D eigenvalue weighted by molar-refractivity contribution is 5.92. The Balaban J connectivity index is 0.000000277. The van der Waals surface area contributed by atoms with Gasteiger partial charge in [0.2, 0.25) is 0 Å². The van der Waals surface area contributed by atoms with Crippen LogP contribution in [0.1, 0.15) is 30.3 Å². The number of aromatic nitrogens is 1. The van der Waals surface area contributed by atoms with Crippen LogP contribution in [0.5, 0.6) is 0 Å². The molecule has 0 unspecified atom stereocenters. The summed E-state index contributed by atoms with van der Waals surface area (Å²) in [6.45, 7) is 3.71. The maximum absolute atomic E-state index is 12.3. The highest BCUT2D eigenvalue weighted by Crippen LogP contribution is 2.32. The van der Waals surface area contributed by atoms with Gasteiger partial charge in [-0.15, -0.1) is 0 Å². The van der Waals surface area contributed by atoms with Crippen LogP contribution in [0.15, 0.2) is 24.4 Å². The molecule has 3 rings (SSSR count). The summed E-state index contributed by atoms with van der Waals surface area (Å²) in [6.07, 6.45) is -0.706. The molecule has 2 saturated heterocycles. The van der Waals surface area contributed by atoms with Crippen LogP contribution in [0, 0.1) is 5.92 Å². The summed E-state index contributed by atoms with van der Waals surface area (Å²) in [5, 5.41) is 7.12. The lowest BCUT2D eigenvalue weighted by atomic mass is 9.93. The van der Waals surface area contributed by atoms with E-state index < -0.39 is 12.1 Å². The number of alkyl halides is 3. The molecule has 1 aromatic rings. The average Bonchev–Trinajstić information content (AvgIpc) is 2.93. The Kier molecular flexibility index (Phi) is 5.99. The van der Waals surface area contributed by atoms with Crippen molar-refractivity contribution in [2.45, 2.75) is 38.1 Å². The number of carboxylic acid groups (broad SMARTS) is 1. The number of nitrogens with zero attached hydrogens (tertiary/aromatic N) is 2. The number of rotatable bonds is 1. The fourth-order valence-electron chi connectivity index (χ4n) is 3.03. The zero-order chi connectivity index (χ0) is 18.6. The molecule has 0 radical (unpaired) electrons. The number of fused-ring (bicyclic) bond motifs is 1. The van der Waals surface area contributed by atoms with Crippen LogP contribution in [-0.2, 0) is 9.53 Å². The van der Waals surface area contributed by atoms with Crippen LogP contribution in [0.3, 0.4) is 0 Å². The Bertz CT molecular complexity index is 609. The number of hydrogen-bond acceptors (Lipinski definition) is 4. The van der Waals surface area contributed by atoms with Crippen molar-refractivity contribution in [1.29, 1.82) is 0 Å². The third-order valence-electron chi connectivity index (χ3n) is 4.12. The Labute approximate surface area is 142 Å². The third-order valence-corrected chi connectivity index (χ3v) is 4.12. The van der Waals surface area contributed by atoms with E-state index in [4.69, 9.17) is 14.6 Å². The molecule has 25 heavy (non-hydrogen) atoms. The quantitative estimate of drug-likeness (QED) is 0.832. The predicted octanol–water partition coefficient (Wildman–Crippen LogP) is 2.35. The molecule has 3 heterocycles. The van der Waals surface area contributed by atoms with Gasteiger partial charge in [-0.05, 0) is 31.9 Å². The number of amides is 1. The summed E-state index contributed by atoms with van der Waals surface area (Å²) in [7, 11) is 0. The average molecular weight is 360 g/mol. The highest BCUT2D eigenvalue weighted by atomic mass is 19.4. The van der Waals surface area contributed by atoms with Gasteiger partial charge in [0.1, 0.15) is 5.69 Å². The molecule has 0 saturated carbocycles. The van der Waals surface area contributed by atoms with Crippen molar-refractivity contribution >= 4 is 11.9 Å². The van der Waals surface area contributed by atoms with Gasteiger partial charge in [-0.2, -0.15) is 13.2 Å². The topological polar surface area (TPSA) is 79.7 Å². The number of hydrogen-bond donors (Lipinski definition) is 1. The van der Waals surface area contributed by atoms with Gasteiger partial charge in [0.25, 0.3) is 5.91 Å². The fourth-order valence-corrected chi connectivity index (χ4v) is 3.03. The third kappa shape index (κ3) is 5.15. The number of carbonyl (C=O) groups excluding carboxylic acids is 1. The van der Waals surface area contributed by atoms with Gasteiger partial charge in [-0.3, -0.25) is 9.78 Å². The van der Waals surface area contributed by atoms with Crippen LogP contribution >= 0.6 is 0 Å². The summed E-state index contributed by atoms with van der Waals surface area (Å²) in [5.41, 5.74) is 0.544. The van der Waals surface area contributed by atoms with Crippen LogP contribution in [-0.4, -0.2) is 58.3 Å². The standard InChI is InChI=1S/C14H18N2O2.C2HF3O2/c1-10-8-11-9-16(7-5-13(11)18-10)14(17)12-4-2-3-6-15-12;3-2(4,5)1(6)7/h2-4,6,10-11,13H,5,7-9H2,1H3;(H,6,7)/t10-,11-,13+;/m0./s1. The molecule has 0 aromatic carbocycles. The van der Waals surface area contributed by atoms with Crippen molar-refractivity contribution in [1.82, 2.24) is 9.88 Å². The maximum atomic E-state index is 12.3. The molecule has 138 valence electrons. The van der Waals surface area contributed by atoms with E-state index in [9.17, 15) is 18.0 Å². The molecule has 2 fully saturated rings. The summed E-state index contributed by atoms with van der Waals surface area (Å²) < 4.78 is 37.6. The van der Waals surface area contributed by atoms with E-state index >= 15 is 0 Å². The molecule has 9 heteroatoms. The summed E-state index contributed by atoms with van der Waals surface area (Å²) in [4.78, 5) is 27.2. The summed E-state index contributed by atoms with van der Waals surface area (Å²) >= 11 is 0. The molecule has 2 aliphatic rings. The van der Waals surface area contributed by atoms with Crippen molar-refractivity contribution < 1.29 is 32.6 Å². The van der Waals surface area contributed by atoms with Crippen LogP contribution in [0.2, 0.25) is 0 Å². The van der Waals surface area contributed by atoms with Gasteiger partial charge in [0.15, 0.2) is 0 Å². The molecule has 6 nitrogen and oxygen atoms in total. The molecule has 1 amide bonds. The highest BCUT2D eigenvalue weighted by Gasteiger charge is 2.39.